The fourth-order valence-corrected chi connectivity index (χ4v) is 3.22. The summed E-state index contributed by atoms with van der Waals surface area (Å²) in [6.07, 6.45) is 0. The molecule has 30 heavy (non-hydrogen) atoms. The predicted octanol–water partition coefficient (Wildman–Crippen LogP) is 2.23. The normalized spacial score (nSPS) is 11.0. The highest BCUT2D eigenvalue weighted by Gasteiger charge is 2.20. The van der Waals surface area contributed by atoms with Gasteiger partial charge in [0.15, 0.2) is 17.2 Å². The average molecular weight is 411 g/mol. The topological polar surface area (TPSA) is 125 Å². The summed E-state index contributed by atoms with van der Waals surface area (Å²) in [5, 5.41) is 15.2. The Labute approximate surface area is 166 Å². The number of aromatic amines is 1. The summed E-state index contributed by atoms with van der Waals surface area (Å²) in [6.45, 7) is 1.60. The number of H-pyrrole nitrogens is 1. The molecule has 0 fully saturated rings. The summed E-state index contributed by atoms with van der Waals surface area (Å²) in [7, 11) is 1.27. The molecule has 0 aliphatic carbocycles. The Morgan fingerprint density at radius 2 is 1.87 bits per heavy atom. The van der Waals surface area contributed by atoms with Crippen LogP contribution in [-0.4, -0.2) is 31.4 Å². The van der Waals surface area contributed by atoms with Crippen molar-refractivity contribution in [3.63, 3.8) is 0 Å². The van der Waals surface area contributed by atoms with Gasteiger partial charge in [-0.1, -0.05) is 6.07 Å². The van der Waals surface area contributed by atoms with E-state index in [0.717, 1.165) is 0 Å². The number of aryl methyl sites for hydroxylation is 1. The average Bonchev–Trinajstić information content (AvgIpc) is 3.05. The molecule has 0 radical (unpaired) electrons. The molecule has 2 aromatic heterocycles. The Kier molecular flexibility index (Phi) is 4.42. The number of nitro benzene ring substituents is 1. The third-order valence-electron chi connectivity index (χ3n) is 4.67. The van der Waals surface area contributed by atoms with E-state index in [1.165, 1.54) is 54.3 Å². The van der Waals surface area contributed by atoms with Gasteiger partial charge in [0.2, 0.25) is 0 Å². The Bertz CT molecular complexity index is 1420. The number of benzene rings is 2. The van der Waals surface area contributed by atoms with E-state index in [1.807, 2.05) is 0 Å². The number of fused-ring (bicyclic) bond motifs is 1. The summed E-state index contributed by atoms with van der Waals surface area (Å²) >= 11 is 0. The molecule has 0 saturated carbocycles. The van der Waals surface area contributed by atoms with Crippen LogP contribution in [0, 0.1) is 22.9 Å². The lowest BCUT2D eigenvalue weighted by molar-refractivity contribution is -0.384. The second-order valence-electron chi connectivity index (χ2n) is 6.36. The number of aromatic nitrogens is 4. The minimum absolute atomic E-state index is 0.0143. The highest BCUT2D eigenvalue weighted by molar-refractivity contribution is 5.77. The lowest BCUT2D eigenvalue weighted by Gasteiger charge is -2.08. The molecule has 11 heteroatoms. The van der Waals surface area contributed by atoms with E-state index in [0.29, 0.717) is 15.9 Å². The first-order valence-corrected chi connectivity index (χ1v) is 8.66. The van der Waals surface area contributed by atoms with Crippen LogP contribution in [0.15, 0.2) is 52.1 Å². The zero-order valence-corrected chi connectivity index (χ0v) is 15.7. The van der Waals surface area contributed by atoms with Crippen molar-refractivity contribution in [2.24, 2.45) is 0 Å². The number of nitrogens with zero attached hydrogens (tertiary/aromatic N) is 4. The summed E-state index contributed by atoms with van der Waals surface area (Å²) < 4.78 is 21.6. The molecule has 2 heterocycles. The van der Waals surface area contributed by atoms with Gasteiger partial charge in [0.05, 0.1) is 29.1 Å². The van der Waals surface area contributed by atoms with Crippen molar-refractivity contribution in [3.8, 4) is 17.1 Å². The van der Waals surface area contributed by atoms with Crippen LogP contribution in [0.5, 0.6) is 5.75 Å². The zero-order valence-electron chi connectivity index (χ0n) is 15.7. The van der Waals surface area contributed by atoms with Gasteiger partial charge in [-0.3, -0.25) is 19.9 Å². The maximum Gasteiger partial charge on any atom is 0.334 e. The first-order valence-electron chi connectivity index (χ1n) is 8.66. The van der Waals surface area contributed by atoms with E-state index in [-0.39, 0.29) is 28.2 Å². The van der Waals surface area contributed by atoms with Crippen LogP contribution in [0.4, 0.5) is 10.1 Å². The number of nitro groups is 1. The molecule has 10 nitrogen and oxygen atoms in total. The summed E-state index contributed by atoms with van der Waals surface area (Å²) in [5.74, 6) is -0.968. The lowest BCUT2D eigenvalue weighted by Crippen LogP contribution is -2.34. The molecule has 0 saturated heterocycles. The highest BCUT2D eigenvalue weighted by Crippen LogP contribution is 2.23. The molecule has 1 N–H and O–H groups in total. The maximum atomic E-state index is 14.7. The Balaban J connectivity index is 1.96. The minimum atomic E-state index is -0.868. The smallest absolute Gasteiger partial charge is 0.334 e. The number of methoxy groups -OCH3 is 1. The number of hydrogen-bond donors (Lipinski definition) is 1. The van der Waals surface area contributed by atoms with Crippen LogP contribution in [-0.2, 0) is 0 Å². The van der Waals surface area contributed by atoms with Crippen LogP contribution in [0.1, 0.15) is 5.69 Å². The lowest BCUT2D eigenvalue weighted by atomic mass is 10.2. The van der Waals surface area contributed by atoms with Crippen molar-refractivity contribution < 1.29 is 14.1 Å². The molecule has 0 bridgehead atoms. The standard InChI is InChI=1S/C19H14FN5O5/c1-10-15-17(22-24(10)11-6-8-12(9-7-11)25(28)29)21-19(27)23(18(15)26)13-4-3-5-14(30-2)16(13)20/h3-9H,1-2H3,(H,21,22,27). The van der Waals surface area contributed by atoms with Gasteiger partial charge in [-0.15, -0.1) is 5.10 Å². The van der Waals surface area contributed by atoms with E-state index >= 15 is 0 Å². The van der Waals surface area contributed by atoms with Gasteiger partial charge in [0.1, 0.15) is 5.39 Å². The number of hydrogen-bond acceptors (Lipinski definition) is 6. The van der Waals surface area contributed by atoms with Gasteiger partial charge in [-0.2, -0.15) is 0 Å². The molecule has 0 aliphatic heterocycles. The number of nitrogens with one attached hydrogen (secondary N) is 1. The number of rotatable bonds is 4. The molecule has 0 spiro atoms. The van der Waals surface area contributed by atoms with Crippen LogP contribution >= 0.6 is 0 Å². The van der Waals surface area contributed by atoms with E-state index in [4.69, 9.17) is 4.74 Å². The second kappa shape index (κ2) is 6.95. The minimum Gasteiger partial charge on any atom is -0.494 e. The van der Waals surface area contributed by atoms with Gasteiger partial charge < -0.3 is 4.74 Å². The Morgan fingerprint density at radius 3 is 2.50 bits per heavy atom. The maximum absolute atomic E-state index is 14.7. The van der Waals surface area contributed by atoms with Crippen LogP contribution in [0.3, 0.4) is 0 Å². The first-order chi connectivity index (χ1) is 14.3. The van der Waals surface area contributed by atoms with Crippen LogP contribution in [0.25, 0.3) is 22.4 Å². The monoisotopic (exact) mass is 411 g/mol. The third kappa shape index (κ3) is 2.83. The first kappa shape index (κ1) is 19.1. The van der Waals surface area contributed by atoms with Crippen molar-refractivity contribution in [3.05, 3.63) is 84.9 Å². The fourth-order valence-electron chi connectivity index (χ4n) is 3.22. The van der Waals surface area contributed by atoms with E-state index in [1.54, 1.807) is 6.92 Å². The molecule has 4 rings (SSSR count). The van der Waals surface area contributed by atoms with Crippen molar-refractivity contribution >= 4 is 16.7 Å². The molecular formula is C19H14FN5O5. The van der Waals surface area contributed by atoms with Crippen molar-refractivity contribution in [2.45, 2.75) is 6.92 Å². The fraction of sp³-hybridized carbons (Fsp3) is 0.105. The van der Waals surface area contributed by atoms with Gasteiger partial charge in [-0.05, 0) is 31.2 Å². The number of halogens is 1. The predicted molar refractivity (Wildman–Crippen MR) is 105 cm³/mol. The van der Waals surface area contributed by atoms with E-state index in [2.05, 4.69) is 10.1 Å². The Morgan fingerprint density at radius 1 is 1.17 bits per heavy atom. The molecule has 2 aromatic carbocycles. The van der Waals surface area contributed by atoms with Crippen LogP contribution < -0.4 is 16.0 Å². The largest absolute Gasteiger partial charge is 0.494 e. The quantitative estimate of drug-likeness (QED) is 0.406. The molecule has 0 atom stereocenters. The highest BCUT2D eigenvalue weighted by atomic mass is 19.1. The van der Waals surface area contributed by atoms with E-state index in [9.17, 15) is 24.1 Å². The van der Waals surface area contributed by atoms with Gasteiger partial charge in [0, 0.05) is 12.1 Å². The number of non-ortho nitro benzene ring substituents is 1. The van der Waals surface area contributed by atoms with E-state index < -0.39 is 22.0 Å². The van der Waals surface area contributed by atoms with Crippen LogP contribution in [0.2, 0.25) is 0 Å². The molecule has 0 aliphatic rings. The van der Waals surface area contributed by atoms with Crippen molar-refractivity contribution in [1.29, 1.82) is 0 Å². The second-order valence-corrected chi connectivity index (χ2v) is 6.36. The molecule has 0 unspecified atom stereocenters. The summed E-state index contributed by atoms with van der Waals surface area (Å²) in [5.41, 5.74) is -1.15. The van der Waals surface area contributed by atoms with Gasteiger partial charge >= 0.3 is 5.69 Å². The zero-order chi connectivity index (χ0) is 21.6. The number of ether oxygens (including phenoxy) is 1. The van der Waals surface area contributed by atoms with Gasteiger partial charge in [0.25, 0.3) is 11.2 Å². The molecular weight excluding hydrogens is 397 g/mol. The molecule has 152 valence electrons. The Hall–Kier alpha value is -4.28. The van der Waals surface area contributed by atoms with Crippen molar-refractivity contribution in [1.82, 2.24) is 19.3 Å². The molecule has 0 amide bonds. The summed E-state index contributed by atoms with van der Waals surface area (Å²) in [6, 6.07) is 9.65. The summed E-state index contributed by atoms with van der Waals surface area (Å²) in [4.78, 5) is 38.5. The third-order valence-corrected chi connectivity index (χ3v) is 4.67. The van der Waals surface area contributed by atoms with Gasteiger partial charge in [-0.25, -0.2) is 18.4 Å². The SMILES string of the molecule is COc1cccc(-n2c(=O)[nH]c3nn(-c4ccc([N+](=O)[O-])cc4)c(C)c3c2=O)c1F. The molecule has 4 aromatic rings. The van der Waals surface area contributed by atoms with Crippen molar-refractivity contribution in [2.75, 3.05) is 7.11 Å².